The molecule has 164 valence electrons. The number of nitrogens with zero attached hydrogens (tertiary/aromatic N) is 2. The van der Waals surface area contributed by atoms with E-state index in [1.54, 1.807) is 6.07 Å². The Bertz CT molecular complexity index is 1080. The highest BCUT2D eigenvalue weighted by molar-refractivity contribution is 6.33. The van der Waals surface area contributed by atoms with Crippen LogP contribution in [0.5, 0.6) is 11.5 Å². The van der Waals surface area contributed by atoms with Gasteiger partial charge in [-0.2, -0.15) is 8.78 Å². The number of hydrogen-bond donors (Lipinski definition) is 0. The van der Waals surface area contributed by atoms with Gasteiger partial charge < -0.3 is 18.9 Å². The van der Waals surface area contributed by atoms with Gasteiger partial charge in [-0.15, -0.1) is 0 Å². The van der Waals surface area contributed by atoms with E-state index in [0.717, 1.165) is 0 Å². The van der Waals surface area contributed by atoms with Crippen LogP contribution >= 0.6 is 11.6 Å². The average Bonchev–Trinajstić information content (AvgIpc) is 3.08. The van der Waals surface area contributed by atoms with Gasteiger partial charge in [-0.25, -0.2) is 4.39 Å². The molecule has 10 heteroatoms. The number of aromatic nitrogens is 1. The number of rotatable bonds is 7. The number of halogens is 4. The highest BCUT2D eigenvalue weighted by atomic mass is 35.5. The third-order valence-electron chi connectivity index (χ3n) is 4.49. The second-order valence-corrected chi connectivity index (χ2v) is 6.99. The lowest BCUT2D eigenvalue weighted by molar-refractivity contribution is -0.0512. The van der Waals surface area contributed by atoms with Crippen LogP contribution in [0.4, 0.5) is 13.2 Å². The van der Waals surface area contributed by atoms with Gasteiger partial charge in [0, 0.05) is 13.6 Å². The molecule has 6 nitrogen and oxygen atoms in total. The highest BCUT2D eigenvalue weighted by Crippen LogP contribution is 2.34. The van der Waals surface area contributed by atoms with Gasteiger partial charge in [-0.3, -0.25) is 4.79 Å². The van der Waals surface area contributed by atoms with Crippen molar-refractivity contribution in [1.29, 1.82) is 0 Å². The fourth-order valence-electron chi connectivity index (χ4n) is 3.06. The van der Waals surface area contributed by atoms with Crippen LogP contribution in [-0.2, 0) is 6.54 Å². The van der Waals surface area contributed by atoms with Gasteiger partial charge >= 0.3 is 6.61 Å². The summed E-state index contributed by atoms with van der Waals surface area (Å²) in [5, 5.41) is 3.90. The number of carbonyl (C=O) groups excluding carboxylic acids is 1. The monoisotopic (exact) mass is 454 g/mol. The van der Waals surface area contributed by atoms with Crippen molar-refractivity contribution in [2.24, 2.45) is 0 Å². The van der Waals surface area contributed by atoms with Crippen LogP contribution in [-0.4, -0.2) is 36.7 Å². The van der Waals surface area contributed by atoms with Crippen LogP contribution in [0.2, 0.25) is 5.02 Å². The topological polar surface area (TPSA) is 64.8 Å². The van der Waals surface area contributed by atoms with Gasteiger partial charge in [0.25, 0.3) is 5.91 Å². The molecule has 3 aromatic rings. The molecular formula is C21H18ClF3N2O4. The molecule has 0 aliphatic carbocycles. The molecule has 1 amide bonds. The van der Waals surface area contributed by atoms with Crippen LogP contribution in [0.15, 0.2) is 40.9 Å². The Morgan fingerprint density at radius 1 is 1.26 bits per heavy atom. The second kappa shape index (κ2) is 9.30. The predicted octanol–water partition coefficient (Wildman–Crippen LogP) is 5.32. The maximum Gasteiger partial charge on any atom is 0.387 e. The maximum absolute atomic E-state index is 14.4. The van der Waals surface area contributed by atoms with E-state index >= 15 is 0 Å². The Hall–Kier alpha value is -3.20. The molecule has 0 spiro atoms. The molecule has 0 atom stereocenters. The van der Waals surface area contributed by atoms with Crippen molar-refractivity contribution >= 4 is 17.5 Å². The second-order valence-electron chi connectivity index (χ2n) is 6.58. The minimum Gasteiger partial charge on any atom is -0.493 e. The molecule has 2 aromatic carbocycles. The van der Waals surface area contributed by atoms with E-state index in [4.69, 9.17) is 20.9 Å². The molecule has 0 aliphatic rings. The zero-order valence-corrected chi connectivity index (χ0v) is 17.5. The Morgan fingerprint density at radius 2 is 2.00 bits per heavy atom. The Kier molecular flexibility index (Phi) is 6.74. The van der Waals surface area contributed by atoms with Gasteiger partial charge in [0.1, 0.15) is 22.8 Å². The maximum atomic E-state index is 14.4. The number of amides is 1. The van der Waals surface area contributed by atoms with E-state index in [-0.39, 0.29) is 45.6 Å². The number of methoxy groups -OCH3 is 1. The van der Waals surface area contributed by atoms with Crippen molar-refractivity contribution in [2.75, 3.05) is 14.2 Å². The Morgan fingerprint density at radius 3 is 2.65 bits per heavy atom. The molecule has 3 rings (SSSR count). The predicted molar refractivity (Wildman–Crippen MR) is 107 cm³/mol. The first-order chi connectivity index (χ1) is 14.7. The number of carbonyl (C=O) groups is 1. The third kappa shape index (κ3) is 4.77. The van der Waals surface area contributed by atoms with E-state index in [0.29, 0.717) is 5.56 Å². The lowest BCUT2D eigenvalue weighted by Gasteiger charge is -2.19. The van der Waals surface area contributed by atoms with Crippen LogP contribution in [0.3, 0.4) is 0 Å². The van der Waals surface area contributed by atoms with E-state index in [1.165, 1.54) is 56.3 Å². The molecule has 0 fully saturated rings. The normalized spacial score (nSPS) is 11.0. The summed E-state index contributed by atoms with van der Waals surface area (Å²) >= 11 is 6.11. The smallest absolute Gasteiger partial charge is 0.387 e. The number of aryl methyl sites for hydroxylation is 1. The summed E-state index contributed by atoms with van der Waals surface area (Å²) in [6.45, 7) is -1.47. The molecule has 0 bridgehead atoms. The van der Waals surface area contributed by atoms with Crippen LogP contribution in [0, 0.1) is 12.7 Å². The van der Waals surface area contributed by atoms with E-state index in [1.807, 2.05) is 0 Å². The molecule has 0 saturated heterocycles. The zero-order valence-electron chi connectivity index (χ0n) is 16.8. The van der Waals surface area contributed by atoms with Gasteiger partial charge in [0.2, 0.25) is 0 Å². The van der Waals surface area contributed by atoms with Crippen molar-refractivity contribution in [1.82, 2.24) is 10.1 Å². The van der Waals surface area contributed by atoms with Crippen molar-refractivity contribution in [3.63, 3.8) is 0 Å². The van der Waals surface area contributed by atoms with Crippen molar-refractivity contribution in [3.8, 4) is 22.8 Å². The van der Waals surface area contributed by atoms with Crippen LogP contribution in [0.25, 0.3) is 11.3 Å². The molecule has 0 saturated carbocycles. The SMILES string of the molecule is COc1ccc(CN(C)C(=O)c2c(-c3c(F)cccc3Cl)noc2C)cc1OC(F)F. The van der Waals surface area contributed by atoms with Gasteiger partial charge in [0.05, 0.1) is 17.7 Å². The zero-order chi connectivity index (χ0) is 22.7. The molecular weight excluding hydrogens is 437 g/mol. The first-order valence-corrected chi connectivity index (χ1v) is 9.38. The minimum atomic E-state index is -3.03. The summed E-state index contributed by atoms with van der Waals surface area (Å²) in [6, 6.07) is 8.53. The Labute approximate surface area is 181 Å². The first-order valence-electron chi connectivity index (χ1n) is 9.00. The number of ether oxygens (including phenoxy) is 2. The standard InChI is InChI=1S/C21H18ClF3N2O4/c1-11-17(19(26-31-11)18-13(22)5-4-6-14(18)23)20(28)27(2)10-12-7-8-15(29-3)16(9-12)30-21(24)25/h4-9,21H,10H2,1-3H3. The van der Waals surface area contributed by atoms with Crippen LogP contribution < -0.4 is 9.47 Å². The van der Waals surface area contributed by atoms with Crippen molar-refractivity contribution in [3.05, 3.63) is 64.1 Å². The highest BCUT2D eigenvalue weighted by Gasteiger charge is 2.27. The largest absolute Gasteiger partial charge is 0.493 e. The Balaban J connectivity index is 1.91. The van der Waals surface area contributed by atoms with Crippen LogP contribution in [0.1, 0.15) is 21.7 Å². The van der Waals surface area contributed by atoms with Crippen molar-refractivity contribution < 1.29 is 32.0 Å². The number of benzene rings is 2. The number of hydrogen-bond acceptors (Lipinski definition) is 5. The summed E-state index contributed by atoms with van der Waals surface area (Å²) < 4.78 is 54.3. The summed E-state index contributed by atoms with van der Waals surface area (Å²) in [6.07, 6.45) is 0. The molecule has 0 aliphatic heterocycles. The van der Waals surface area contributed by atoms with Gasteiger partial charge in [-0.05, 0) is 36.8 Å². The van der Waals surface area contributed by atoms with E-state index in [9.17, 15) is 18.0 Å². The molecule has 31 heavy (non-hydrogen) atoms. The fourth-order valence-corrected chi connectivity index (χ4v) is 3.32. The molecule has 1 heterocycles. The summed E-state index contributed by atoms with van der Waals surface area (Å²) in [7, 11) is 2.83. The molecule has 0 unspecified atom stereocenters. The first kappa shape index (κ1) is 22.5. The number of alkyl halides is 2. The van der Waals surface area contributed by atoms with Crippen molar-refractivity contribution in [2.45, 2.75) is 20.1 Å². The fraction of sp³-hybridized carbons (Fsp3) is 0.238. The molecule has 0 N–H and O–H groups in total. The van der Waals surface area contributed by atoms with Gasteiger partial charge in [0.15, 0.2) is 11.5 Å². The summed E-state index contributed by atoms with van der Waals surface area (Å²) in [5.41, 5.74) is 0.489. The lowest BCUT2D eigenvalue weighted by Crippen LogP contribution is -2.27. The summed E-state index contributed by atoms with van der Waals surface area (Å²) in [5.74, 6) is -1.01. The summed E-state index contributed by atoms with van der Waals surface area (Å²) in [4.78, 5) is 14.4. The average molecular weight is 455 g/mol. The third-order valence-corrected chi connectivity index (χ3v) is 4.80. The molecule has 0 radical (unpaired) electrons. The lowest BCUT2D eigenvalue weighted by atomic mass is 10.0. The van der Waals surface area contributed by atoms with E-state index < -0.39 is 18.3 Å². The molecule has 1 aromatic heterocycles. The minimum absolute atomic E-state index is 0.0195. The quantitative estimate of drug-likeness (QED) is 0.483. The van der Waals surface area contributed by atoms with E-state index in [2.05, 4.69) is 9.89 Å². The van der Waals surface area contributed by atoms with Gasteiger partial charge in [-0.1, -0.05) is 28.9 Å².